The van der Waals surface area contributed by atoms with Gasteiger partial charge in [0.15, 0.2) is 0 Å². The van der Waals surface area contributed by atoms with Crippen LogP contribution in [0.5, 0.6) is 0 Å². The van der Waals surface area contributed by atoms with Crippen LogP contribution in [0.2, 0.25) is 0 Å². The first kappa shape index (κ1) is 13.3. The van der Waals surface area contributed by atoms with Crippen LogP contribution in [0, 0.1) is 19.7 Å². The quantitative estimate of drug-likeness (QED) is 0.923. The number of carbonyl (C=O) groups excluding carboxylic acids is 1. The number of amides is 1. The molecule has 0 atom stereocenters. The molecule has 1 aromatic heterocycles. The van der Waals surface area contributed by atoms with E-state index in [-0.39, 0.29) is 11.6 Å². The van der Waals surface area contributed by atoms with Crippen molar-refractivity contribution in [1.82, 2.24) is 9.78 Å². The zero-order valence-corrected chi connectivity index (χ0v) is 11.2. The topological polar surface area (TPSA) is 46.9 Å². The first-order chi connectivity index (χ1) is 9.02. The van der Waals surface area contributed by atoms with Crippen LogP contribution in [0.25, 0.3) is 0 Å². The summed E-state index contributed by atoms with van der Waals surface area (Å²) in [6, 6.07) is 4.60. The molecule has 1 heterocycles. The van der Waals surface area contributed by atoms with Crippen molar-refractivity contribution in [1.29, 1.82) is 0 Å². The third-order valence-corrected chi connectivity index (χ3v) is 3.02. The highest BCUT2D eigenvalue weighted by molar-refractivity contribution is 6.05. The molecule has 19 heavy (non-hydrogen) atoms. The Balaban J connectivity index is 2.25. The smallest absolute Gasteiger partial charge is 0.259 e. The zero-order chi connectivity index (χ0) is 14.0. The number of benzene rings is 1. The average molecular weight is 261 g/mol. The molecule has 1 N–H and O–H groups in total. The van der Waals surface area contributed by atoms with Crippen LogP contribution >= 0.6 is 0 Å². The number of hydrogen-bond acceptors (Lipinski definition) is 2. The van der Waals surface area contributed by atoms with E-state index < -0.39 is 5.82 Å². The Morgan fingerprint density at radius 3 is 2.79 bits per heavy atom. The minimum Gasteiger partial charge on any atom is -0.319 e. The number of carbonyl (C=O) groups is 1. The fraction of sp³-hybridized carbons (Fsp3) is 0.286. The summed E-state index contributed by atoms with van der Waals surface area (Å²) in [6.45, 7) is 6.30. The van der Waals surface area contributed by atoms with Crippen LogP contribution in [-0.4, -0.2) is 15.7 Å². The second-order valence-corrected chi connectivity index (χ2v) is 4.40. The maximum Gasteiger partial charge on any atom is 0.259 e. The number of aryl methyl sites for hydroxylation is 2. The Bertz CT molecular complexity index is 619. The van der Waals surface area contributed by atoms with Crippen molar-refractivity contribution in [3.8, 4) is 0 Å². The van der Waals surface area contributed by atoms with Crippen molar-refractivity contribution in [2.75, 3.05) is 5.32 Å². The molecule has 0 spiro atoms. The highest BCUT2D eigenvalue weighted by Gasteiger charge is 2.15. The molecule has 0 bridgehead atoms. The first-order valence-corrected chi connectivity index (χ1v) is 6.12. The monoisotopic (exact) mass is 261 g/mol. The SMILES string of the molecule is CCn1ncc(C(=O)Nc2cc(C)ccc2F)c1C. The number of anilines is 1. The highest BCUT2D eigenvalue weighted by Crippen LogP contribution is 2.17. The number of nitrogens with zero attached hydrogens (tertiary/aromatic N) is 2. The third-order valence-electron chi connectivity index (χ3n) is 3.02. The molecule has 0 aliphatic heterocycles. The minimum atomic E-state index is -0.445. The van der Waals surface area contributed by atoms with Gasteiger partial charge in [0.2, 0.25) is 0 Å². The lowest BCUT2D eigenvalue weighted by Gasteiger charge is -2.07. The van der Waals surface area contributed by atoms with Gasteiger partial charge in [0.1, 0.15) is 5.82 Å². The van der Waals surface area contributed by atoms with Crippen LogP contribution in [0.15, 0.2) is 24.4 Å². The van der Waals surface area contributed by atoms with E-state index in [0.717, 1.165) is 11.3 Å². The van der Waals surface area contributed by atoms with E-state index in [9.17, 15) is 9.18 Å². The molecule has 2 rings (SSSR count). The lowest BCUT2D eigenvalue weighted by Crippen LogP contribution is -2.14. The van der Waals surface area contributed by atoms with Crippen molar-refractivity contribution >= 4 is 11.6 Å². The maximum absolute atomic E-state index is 13.6. The summed E-state index contributed by atoms with van der Waals surface area (Å²) >= 11 is 0. The number of hydrogen-bond donors (Lipinski definition) is 1. The van der Waals surface area contributed by atoms with Crippen molar-refractivity contribution in [3.05, 3.63) is 47.0 Å². The van der Waals surface area contributed by atoms with Gasteiger partial charge in [-0.25, -0.2) is 4.39 Å². The van der Waals surface area contributed by atoms with Gasteiger partial charge >= 0.3 is 0 Å². The van der Waals surface area contributed by atoms with Crippen LogP contribution in [0.1, 0.15) is 28.5 Å². The number of aromatic nitrogens is 2. The molecule has 0 saturated carbocycles. The molecule has 2 aromatic rings. The molecule has 0 saturated heterocycles. The largest absolute Gasteiger partial charge is 0.319 e. The van der Waals surface area contributed by atoms with Gasteiger partial charge in [-0.2, -0.15) is 5.10 Å². The van der Waals surface area contributed by atoms with E-state index in [1.807, 2.05) is 20.8 Å². The third kappa shape index (κ3) is 2.65. The molecule has 0 unspecified atom stereocenters. The predicted octanol–water partition coefficient (Wildman–Crippen LogP) is 2.91. The van der Waals surface area contributed by atoms with Crippen LogP contribution in [0.4, 0.5) is 10.1 Å². The summed E-state index contributed by atoms with van der Waals surface area (Å²) in [4.78, 5) is 12.1. The summed E-state index contributed by atoms with van der Waals surface area (Å²) in [6.07, 6.45) is 1.50. The standard InChI is InChI=1S/C14H16FN3O/c1-4-18-10(3)11(8-16-18)14(19)17-13-7-9(2)5-6-12(13)15/h5-8H,4H2,1-3H3,(H,17,19). The molecule has 0 radical (unpaired) electrons. The van der Waals surface area contributed by atoms with E-state index in [1.54, 1.807) is 16.8 Å². The van der Waals surface area contributed by atoms with E-state index in [4.69, 9.17) is 0 Å². The van der Waals surface area contributed by atoms with E-state index in [1.165, 1.54) is 12.3 Å². The molecule has 1 amide bonds. The Labute approximate surface area is 111 Å². The van der Waals surface area contributed by atoms with Gasteiger partial charge < -0.3 is 5.32 Å². The fourth-order valence-electron chi connectivity index (χ4n) is 1.91. The molecule has 0 fully saturated rings. The number of rotatable bonds is 3. The summed E-state index contributed by atoms with van der Waals surface area (Å²) < 4.78 is 15.3. The molecular weight excluding hydrogens is 245 g/mol. The van der Waals surface area contributed by atoms with Gasteiger partial charge in [0.25, 0.3) is 5.91 Å². The summed E-state index contributed by atoms with van der Waals surface area (Å²) in [5, 5.41) is 6.68. The molecular formula is C14H16FN3O. The van der Waals surface area contributed by atoms with Gasteiger partial charge in [-0.1, -0.05) is 6.07 Å². The second kappa shape index (κ2) is 5.22. The zero-order valence-electron chi connectivity index (χ0n) is 11.2. The van der Waals surface area contributed by atoms with Crippen LogP contribution < -0.4 is 5.32 Å². The molecule has 4 nitrogen and oxygen atoms in total. The second-order valence-electron chi connectivity index (χ2n) is 4.40. The number of halogens is 1. The van der Waals surface area contributed by atoms with Gasteiger partial charge in [0, 0.05) is 12.2 Å². The van der Waals surface area contributed by atoms with E-state index in [2.05, 4.69) is 10.4 Å². The Kier molecular flexibility index (Phi) is 3.64. The summed E-state index contributed by atoms with van der Waals surface area (Å²) in [5.74, 6) is -0.791. The normalized spacial score (nSPS) is 10.5. The summed E-state index contributed by atoms with van der Waals surface area (Å²) in [7, 11) is 0. The van der Waals surface area contributed by atoms with Gasteiger partial charge in [0.05, 0.1) is 17.4 Å². The van der Waals surface area contributed by atoms with E-state index in [0.29, 0.717) is 12.1 Å². The molecule has 0 aliphatic carbocycles. The Morgan fingerprint density at radius 2 is 2.16 bits per heavy atom. The Hall–Kier alpha value is -2.17. The van der Waals surface area contributed by atoms with Crippen LogP contribution in [0.3, 0.4) is 0 Å². The predicted molar refractivity (Wildman–Crippen MR) is 71.7 cm³/mol. The maximum atomic E-state index is 13.6. The minimum absolute atomic E-state index is 0.189. The molecule has 100 valence electrons. The number of nitrogens with one attached hydrogen (secondary N) is 1. The Morgan fingerprint density at radius 1 is 1.42 bits per heavy atom. The molecule has 0 aliphatic rings. The lowest BCUT2D eigenvalue weighted by atomic mass is 10.2. The molecule has 5 heteroatoms. The fourth-order valence-corrected chi connectivity index (χ4v) is 1.91. The van der Waals surface area contributed by atoms with Crippen LogP contribution in [-0.2, 0) is 6.54 Å². The van der Waals surface area contributed by atoms with Crippen molar-refractivity contribution in [3.63, 3.8) is 0 Å². The summed E-state index contributed by atoms with van der Waals surface area (Å²) in [5.41, 5.74) is 2.31. The van der Waals surface area contributed by atoms with E-state index >= 15 is 0 Å². The first-order valence-electron chi connectivity index (χ1n) is 6.12. The van der Waals surface area contributed by atoms with Gasteiger partial charge in [-0.05, 0) is 38.5 Å². The highest BCUT2D eigenvalue weighted by atomic mass is 19.1. The lowest BCUT2D eigenvalue weighted by molar-refractivity contribution is 0.102. The van der Waals surface area contributed by atoms with Crippen molar-refractivity contribution in [2.24, 2.45) is 0 Å². The van der Waals surface area contributed by atoms with Gasteiger partial charge in [-0.3, -0.25) is 9.48 Å². The molecule has 1 aromatic carbocycles. The van der Waals surface area contributed by atoms with Gasteiger partial charge in [-0.15, -0.1) is 0 Å². The van der Waals surface area contributed by atoms with Crippen molar-refractivity contribution < 1.29 is 9.18 Å². The van der Waals surface area contributed by atoms with Crippen molar-refractivity contribution in [2.45, 2.75) is 27.3 Å². The average Bonchev–Trinajstić information content (AvgIpc) is 2.75.